The van der Waals surface area contributed by atoms with Gasteiger partial charge in [0.15, 0.2) is 0 Å². The van der Waals surface area contributed by atoms with Crippen molar-refractivity contribution in [1.82, 2.24) is 10.6 Å². The van der Waals surface area contributed by atoms with Gasteiger partial charge >= 0.3 is 0 Å². The minimum absolute atomic E-state index is 0.0344. The average Bonchev–Trinajstić information content (AvgIpc) is 2.98. The molecule has 2 aromatic carbocycles. The van der Waals surface area contributed by atoms with Gasteiger partial charge in [-0.15, -0.1) is 13.2 Å². The zero-order chi connectivity index (χ0) is 28.7. The standard InChI is InChI=1S/C36H52N2O2/c1-3-5-7-9-11-13-15-23-29-33(39)37-35(31-25-19-17-20-26-31)36(32-27-21-18-22-28-32)38-34(40)30-24-16-14-12-10-8-6-4-2/h3-4,17-22,25-28,35-36H,1-2,5-16,23-24,29-30H2,(H,37,39)(H,38,40)/t35-,36?/m0/s1. The Morgan fingerprint density at radius 1 is 0.525 bits per heavy atom. The Morgan fingerprint density at radius 2 is 0.850 bits per heavy atom. The first kappa shape index (κ1) is 33.1. The van der Waals surface area contributed by atoms with Crippen LogP contribution in [0, 0.1) is 0 Å². The van der Waals surface area contributed by atoms with E-state index in [0.29, 0.717) is 12.8 Å². The number of carbonyl (C=O) groups excluding carboxylic acids is 2. The summed E-state index contributed by atoms with van der Waals surface area (Å²) in [5, 5.41) is 6.57. The van der Waals surface area contributed by atoms with E-state index in [-0.39, 0.29) is 23.9 Å². The third kappa shape index (κ3) is 14.3. The van der Waals surface area contributed by atoms with Gasteiger partial charge in [-0.05, 0) is 49.7 Å². The highest BCUT2D eigenvalue weighted by molar-refractivity contribution is 5.78. The maximum atomic E-state index is 13.1. The molecule has 0 aromatic heterocycles. The summed E-state index contributed by atoms with van der Waals surface area (Å²) < 4.78 is 0. The molecule has 0 aliphatic rings. The molecule has 2 N–H and O–H groups in total. The van der Waals surface area contributed by atoms with Crippen molar-refractivity contribution in [3.05, 3.63) is 97.1 Å². The maximum Gasteiger partial charge on any atom is 0.220 e. The summed E-state index contributed by atoms with van der Waals surface area (Å²) in [5.41, 5.74) is 1.98. The third-order valence-electron chi connectivity index (χ3n) is 7.41. The second-order valence-electron chi connectivity index (χ2n) is 10.8. The fourth-order valence-corrected chi connectivity index (χ4v) is 5.09. The molecule has 0 aliphatic carbocycles. The van der Waals surface area contributed by atoms with Crippen LogP contribution in [0.3, 0.4) is 0 Å². The van der Waals surface area contributed by atoms with E-state index in [9.17, 15) is 9.59 Å². The van der Waals surface area contributed by atoms with Crippen LogP contribution in [0.4, 0.5) is 0 Å². The highest BCUT2D eigenvalue weighted by Gasteiger charge is 2.27. The quantitative estimate of drug-likeness (QED) is 0.108. The highest BCUT2D eigenvalue weighted by Crippen LogP contribution is 2.29. The molecule has 40 heavy (non-hydrogen) atoms. The molecule has 0 aliphatic heterocycles. The fraction of sp³-hybridized carbons (Fsp3) is 0.500. The Balaban J connectivity index is 1.97. The number of carbonyl (C=O) groups is 2. The number of unbranched alkanes of at least 4 members (excludes halogenated alkanes) is 12. The van der Waals surface area contributed by atoms with Crippen LogP contribution >= 0.6 is 0 Å². The second-order valence-corrected chi connectivity index (χ2v) is 10.8. The van der Waals surface area contributed by atoms with Crippen molar-refractivity contribution in [2.45, 2.75) is 115 Å². The molecule has 0 saturated carbocycles. The molecule has 0 bridgehead atoms. The summed E-state index contributed by atoms with van der Waals surface area (Å²) in [5.74, 6) is 0.0688. The molecule has 0 saturated heterocycles. The van der Waals surface area contributed by atoms with Gasteiger partial charge in [0.25, 0.3) is 0 Å². The number of nitrogens with one attached hydrogen (secondary N) is 2. The highest BCUT2D eigenvalue weighted by atomic mass is 16.2. The lowest BCUT2D eigenvalue weighted by atomic mass is 9.92. The van der Waals surface area contributed by atoms with Crippen molar-refractivity contribution >= 4 is 11.8 Å². The molecular weight excluding hydrogens is 492 g/mol. The van der Waals surface area contributed by atoms with Crippen LogP contribution in [0.15, 0.2) is 86.0 Å². The van der Waals surface area contributed by atoms with E-state index in [0.717, 1.165) is 62.5 Å². The van der Waals surface area contributed by atoms with E-state index < -0.39 is 0 Å². The Morgan fingerprint density at radius 3 is 1.20 bits per heavy atom. The Kier molecular flexibility index (Phi) is 17.9. The van der Waals surface area contributed by atoms with Gasteiger partial charge in [0.05, 0.1) is 12.1 Å². The number of rotatable bonds is 23. The zero-order valence-electron chi connectivity index (χ0n) is 24.6. The van der Waals surface area contributed by atoms with E-state index in [1.807, 2.05) is 72.8 Å². The van der Waals surface area contributed by atoms with Gasteiger partial charge in [-0.3, -0.25) is 9.59 Å². The largest absolute Gasteiger partial charge is 0.347 e. The van der Waals surface area contributed by atoms with E-state index in [4.69, 9.17) is 0 Å². The molecule has 2 rings (SSSR count). The van der Waals surface area contributed by atoms with Gasteiger partial charge in [-0.1, -0.05) is 124 Å². The van der Waals surface area contributed by atoms with Gasteiger partial charge in [0.1, 0.15) is 0 Å². The van der Waals surface area contributed by atoms with E-state index >= 15 is 0 Å². The second kappa shape index (κ2) is 21.7. The van der Waals surface area contributed by atoms with Crippen molar-refractivity contribution < 1.29 is 9.59 Å². The van der Waals surface area contributed by atoms with Gasteiger partial charge in [0.2, 0.25) is 11.8 Å². The Hall–Kier alpha value is -3.14. The lowest BCUT2D eigenvalue weighted by Crippen LogP contribution is -2.40. The summed E-state index contributed by atoms with van der Waals surface area (Å²) in [6, 6.07) is 19.3. The first-order valence-corrected chi connectivity index (χ1v) is 15.6. The molecule has 2 atom stereocenters. The van der Waals surface area contributed by atoms with Gasteiger partial charge in [0, 0.05) is 12.8 Å². The normalized spacial score (nSPS) is 12.3. The molecule has 0 spiro atoms. The molecule has 4 nitrogen and oxygen atoms in total. The lowest BCUT2D eigenvalue weighted by molar-refractivity contribution is -0.124. The SMILES string of the molecule is C=CCCCCCCCCC(=O)NC(c1ccccc1)[C@@H](NC(=O)CCCCCCCCC=C)c1ccccc1. The molecule has 2 amide bonds. The number of benzene rings is 2. The summed E-state index contributed by atoms with van der Waals surface area (Å²) in [4.78, 5) is 26.2. The predicted molar refractivity (Wildman–Crippen MR) is 169 cm³/mol. The topological polar surface area (TPSA) is 58.2 Å². The molecule has 4 heteroatoms. The van der Waals surface area contributed by atoms with Crippen LogP contribution < -0.4 is 10.6 Å². The minimum atomic E-state index is -0.344. The van der Waals surface area contributed by atoms with Crippen LogP contribution in [-0.2, 0) is 9.59 Å². The zero-order valence-corrected chi connectivity index (χ0v) is 24.6. The number of allylic oxidation sites excluding steroid dienone is 2. The van der Waals surface area contributed by atoms with Crippen LogP contribution in [0.5, 0.6) is 0 Å². The number of hydrogen-bond acceptors (Lipinski definition) is 2. The fourth-order valence-electron chi connectivity index (χ4n) is 5.09. The van der Waals surface area contributed by atoms with E-state index in [1.165, 1.54) is 38.5 Å². The van der Waals surface area contributed by atoms with Crippen LogP contribution in [0.2, 0.25) is 0 Å². The Labute approximate surface area is 243 Å². The first-order chi connectivity index (χ1) is 19.7. The predicted octanol–water partition coefficient (Wildman–Crippen LogP) is 9.32. The molecule has 2 aromatic rings. The van der Waals surface area contributed by atoms with Crippen molar-refractivity contribution in [2.24, 2.45) is 0 Å². The number of amides is 2. The minimum Gasteiger partial charge on any atom is -0.347 e. The number of hydrogen-bond donors (Lipinski definition) is 2. The lowest BCUT2D eigenvalue weighted by Gasteiger charge is -2.30. The maximum absolute atomic E-state index is 13.1. The van der Waals surface area contributed by atoms with Crippen molar-refractivity contribution in [1.29, 1.82) is 0 Å². The molecule has 0 fully saturated rings. The Bertz CT molecular complexity index is 878. The van der Waals surface area contributed by atoms with E-state index in [1.54, 1.807) is 0 Å². The van der Waals surface area contributed by atoms with E-state index in [2.05, 4.69) is 23.8 Å². The van der Waals surface area contributed by atoms with Gasteiger partial charge in [-0.25, -0.2) is 0 Å². The summed E-state index contributed by atoms with van der Waals surface area (Å²) in [7, 11) is 0. The van der Waals surface area contributed by atoms with Crippen molar-refractivity contribution in [3.8, 4) is 0 Å². The monoisotopic (exact) mass is 544 g/mol. The molecule has 1 unspecified atom stereocenters. The summed E-state index contributed by atoms with van der Waals surface area (Å²) in [6.45, 7) is 7.56. The molecule has 0 heterocycles. The van der Waals surface area contributed by atoms with Crippen molar-refractivity contribution in [2.75, 3.05) is 0 Å². The summed E-state index contributed by atoms with van der Waals surface area (Å²) >= 11 is 0. The van der Waals surface area contributed by atoms with Gasteiger partial charge in [-0.2, -0.15) is 0 Å². The van der Waals surface area contributed by atoms with Crippen LogP contribution in [0.1, 0.15) is 126 Å². The molecular formula is C36H52N2O2. The molecule has 218 valence electrons. The summed E-state index contributed by atoms with van der Waals surface area (Å²) in [6.07, 6.45) is 20.6. The average molecular weight is 545 g/mol. The molecule has 0 radical (unpaired) electrons. The first-order valence-electron chi connectivity index (χ1n) is 15.6. The van der Waals surface area contributed by atoms with Gasteiger partial charge < -0.3 is 10.6 Å². The van der Waals surface area contributed by atoms with Crippen molar-refractivity contribution in [3.63, 3.8) is 0 Å². The smallest absolute Gasteiger partial charge is 0.220 e. The van der Waals surface area contributed by atoms with Crippen LogP contribution in [-0.4, -0.2) is 11.8 Å². The van der Waals surface area contributed by atoms with Crippen LogP contribution in [0.25, 0.3) is 0 Å². The third-order valence-corrected chi connectivity index (χ3v) is 7.41.